The van der Waals surface area contributed by atoms with E-state index in [1.807, 2.05) is 24.1 Å². The number of piperidine rings is 1. The third-order valence-corrected chi connectivity index (χ3v) is 5.24. The average Bonchev–Trinajstić information content (AvgIpc) is 2.59. The first kappa shape index (κ1) is 15.4. The second kappa shape index (κ2) is 7.16. The van der Waals surface area contributed by atoms with Gasteiger partial charge in [0.15, 0.2) is 0 Å². The molecule has 1 saturated heterocycles. The van der Waals surface area contributed by atoms with Crippen LogP contribution in [0.15, 0.2) is 47.4 Å². The zero-order valence-corrected chi connectivity index (χ0v) is 13.7. The Bertz CT molecular complexity index is 658. The first-order valence-corrected chi connectivity index (χ1v) is 8.81. The standard InChI is InChI=1S/C18H22N2OS/c1-19-16-7-4-10-20(12-16)18(21)13-22-17-9-8-14-5-2-3-6-15(14)11-17/h2-3,5-6,8-9,11,16,19H,4,7,10,12-13H2,1H3. The lowest BCUT2D eigenvalue weighted by atomic mass is 10.1. The smallest absolute Gasteiger partial charge is 0.232 e. The van der Waals surface area contributed by atoms with Crippen molar-refractivity contribution < 1.29 is 4.79 Å². The Labute approximate surface area is 136 Å². The molecule has 0 spiro atoms. The summed E-state index contributed by atoms with van der Waals surface area (Å²) in [6, 6.07) is 15.2. The largest absolute Gasteiger partial charge is 0.340 e. The summed E-state index contributed by atoms with van der Waals surface area (Å²) in [6.07, 6.45) is 2.26. The molecule has 1 unspecified atom stereocenters. The Morgan fingerprint density at radius 1 is 1.27 bits per heavy atom. The van der Waals surface area contributed by atoms with E-state index in [0.717, 1.165) is 30.8 Å². The van der Waals surface area contributed by atoms with Gasteiger partial charge in [-0.15, -0.1) is 11.8 Å². The van der Waals surface area contributed by atoms with Crippen LogP contribution in [0.1, 0.15) is 12.8 Å². The number of benzene rings is 2. The molecule has 0 saturated carbocycles. The number of likely N-dealkylation sites (N-methyl/N-ethyl adjacent to an activating group) is 1. The fourth-order valence-corrected chi connectivity index (χ4v) is 3.78. The van der Waals surface area contributed by atoms with E-state index in [0.29, 0.717) is 11.8 Å². The number of fused-ring (bicyclic) bond motifs is 1. The van der Waals surface area contributed by atoms with E-state index < -0.39 is 0 Å². The van der Waals surface area contributed by atoms with Crippen molar-refractivity contribution >= 4 is 28.4 Å². The van der Waals surface area contributed by atoms with Gasteiger partial charge in [-0.05, 0) is 42.8 Å². The van der Waals surface area contributed by atoms with Gasteiger partial charge in [-0.3, -0.25) is 4.79 Å². The Morgan fingerprint density at radius 3 is 2.91 bits per heavy atom. The fraction of sp³-hybridized carbons (Fsp3) is 0.389. The predicted molar refractivity (Wildman–Crippen MR) is 93.3 cm³/mol. The van der Waals surface area contributed by atoms with Gasteiger partial charge >= 0.3 is 0 Å². The number of rotatable bonds is 4. The van der Waals surface area contributed by atoms with Crippen LogP contribution in [0.3, 0.4) is 0 Å². The van der Waals surface area contributed by atoms with E-state index in [9.17, 15) is 4.79 Å². The van der Waals surface area contributed by atoms with Crippen LogP contribution >= 0.6 is 11.8 Å². The summed E-state index contributed by atoms with van der Waals surface area (Å²) < 4.78 is 0. The molecule has 1 amide bonds. The summed E-state index contributed by atoms with van der Waals surface area (Å²) >= 11 is 1.63. The number of carbonyl (C=O) groups is 1. The average molecular weight is 314 g/mol. The summed E-state index contributed by atoms with van der Waals surface area (Å²) in [5, 5.41) is 5.75. The van der Waals surface area contributed by atoms with Crippen LogP contribution in [0.25, 0.3) is 10.8 Å². The third kappa shape index (κ3) is 3.62. The summed E-state index contributed by atoms with van der Waals surface area (Å²) in [5.74, 6) is 0.771. The van der Waals surface area contributed by atoms with Crippen molar-refractivity contribution in [1.29, 1.82) is 0 Å². The normalized spacial score (nSPS) is 18.6. The molecule has 2 aromatic rings. The Morgan fingerprint density at radius 2 is 2.09 bits per heavy atom. The number of nitrogens with one attached hydrogen (secondary N) is 1. The first-order chi connectivity index (χ1) is 10.8. The molecule has 0 aliphatic carbocycles. The van der Waals surface area contributed by atoms with Crippen molar-refractivity contribution in [3.8, 4) is 0 Å². The van der Waals surface area contributed by atoms with Crippen LogP contribution in [-0.2, 0) is 4.79 Å². The quantitative estimate of drug-likeness (QED) is 0.880. The van der Waals surface area contributed by atoms with E-state index >= 15 is 0 Å². The molecule has 1 aliphatic heterocycles. The second-order valence-electron chi connectivity index (χ2n) is 5.77. The number of amides is 1. The SMILES string of the molecule is CNC1CCCN(C(=O)CSc2ccc3ccccc3c2)C1. The monoisotopic (exact) mass is 314 g/mol. The van der Waals surface area contributed by atoms with Gasteiger partial charge < -0.3 is 10.2 Å². The summed E-state index contributed by atoms with van der Waals surface area (Å²) in [7, 11) is 1.97. The zero-order valence-electron chi connectivity index (χ0n) is 12.9. The highest BCUT2D eigenvalue weighted by molar-refractivity contribution is 8.00. The molecule has 1 atom stereocenters. The highest BCUT2D eigenvalue weighted by Crippen LogP contribution is 2.24. The molecule has 1 N–H and O–H groups in total. The molecule has 2 aromatic carbocycles. The summed E-state index contributed by atoms with van der Waals surface area (Å²) in [6.45, 7) is 1.74. The van der Waals surface area contributed by atoms with Gasteiger partial charge in [0.25, 0.3) is 0 Å². The molecule has 0 bridgehead atoms. The number of hydrogen-bond acceptors (Lipinski definition) is 3. The molecule has 1 aliphatic rings. The maximum atomic E-state index is 12.4. The van der Waals surface area contributed by atoms with Gasteiger partial charge in [-0.25, -0.2) is 0 Å². The molecular formula is C18H22N2OS. The highest BCUT2D eigenvalue weighted by atomic mass is 32.2. The molecule has 0 aromatic heterocycles. The van der Waals surface area contributed by atoms with Crippen LogP contribution in [0.4, 0.5) is 0 Å². The van der Waals surface area contributed by atoms with Crippen LogP contribution < -0.4 is 5.32 Å². The lowest BCUT2D eigenvalue weighted by Gasteiger charge is -2.32. The van der Waals surface area contributed by atoms with Crippen LogP contribution in [0, 0.1) is 0 Å². The topological polar surface area (TPSA) is 32.3 Å². The second-order valence-corrected chi connectivity index (χ2v) is 6.81. The lowest BCUT2D eigenvalue weighted by molar-refractivity contribution is -0.129. The molecule has 3 nitrogen and oxygen atoms in total. The predicted octanol–water partition coefficient (Wildman–Crippen LogP) is 3.14. The summed E-state index contributed by atoms with van der Waals surface area (Å²) in [4.78, 5) is 15.5. The van der Waals surface area contributed by atoms with Crippen molar-refractivity contribution in [2.45, 2.75) is 23.8 Å². The molecule has 3 rings (SSSR count). The van der Waals surface area contributed by atoms with Crippen molar-refractivity contribution in [3.63, 3.8) is 0 Å². The zero-order chi connectivity index (χ0) is 15.4. The lowest BCUT2D eigenvalue weighted by Crippen LogP contribution is -2.47. The Kier molecular flexibility index (Phi) is 5.01. The number of thioether (sulfide) groups is 1. The number of likely N-dealkylation sites (tertiary alicyclic amines) is 1. The van der Waals surface area contributed by atoms with Crippen LogP contribution in [-0.4, -0.2) is 42.7 Å². The number of carbonyl (C=O) groups excluding carboxylic acids is 1. The fourth-order valence-electron chi connectivity index (χ4n) is 2.93. The molecule has 1 heterocycles. The van der Waals surface area contributed by atoms with Crippen LogP contribution in [0.5, 0.6) is 0 Å². The minimum absolute atomic E-state index is 0.248. The van der Waals surface area contributed by atoms with Crippen LogP contribution in [0.2, 0.25) is 0 Å². The number of hydrogen-bond donors (Lipinski definition) is 1. The van der Waals surface area contributed by atoms with E-state index in [-0.39, 0.29) is 5.91 Å². The molecule has 0 radical (unpaired) electrons. The maximum absolute atomic E-state index is 12.4. The van der Waals surface area contributed by atoms with Crippen molar-refractivity contribution in [2.75, 3.05) is 25.9 Å². The highest BCUT2D eigenvalue weighted by Gasteiger charge is 2.22. The minimum atomic E-state index is 0.248. The Balaban J connectivity index is 1.59. The van der Waals surface area contributed by atoms with E-state index in [4.69, 9.17) is 0 Å². The molecule has 22 heavy (non-hydrogen) atoms. The molecule has 4 heteroatoms. The van der Waals surface area contributed by atoms with Gasteiger partial charge in [0, 0.05) is 24.0 Å². The summed E-state index contributed by atoms with van der Waals surface area (Å²) in [5.41, 5.74) is 0. The maximum Gasteiger partial charge on any atom is 0.232 e. The van der Waals surface area contributed by atoms with Gasteiger partial charge in [0.05, 0.1) is 5.75 Å². The first-order valence-electron chi connectivity index (χ1n) is 7.83. The Hall–Kier alpha value is -1.52. The van der Waals surface area contributed by atoms with Crippen molar-refractivity contribution in [3.05, 3.63) is 42.5 Å². The minimum Gasteiger partial charge on any atom is -0.340 e. The number of nitrogens with zero attached hydrogens (tertiary/aromatic N) is 1. The molecule has 1 fully saturated rings. The van der Waals surface area contributed by atoms with E-state index in [2.05, 4.69) is 35.6 Å². The third-order valence-electron chi connectivity index (χ3n) is 4.27. The molecule has 116 valence electrons. The van der Waals surface area contributed by atoms with Gasteiger partial charge in [-0.2, -0.15) is 0 Å². The van der Waals surface area contributed by atoms with Gasteiger partial charge in [0.2, 0.25) is 5.91 Å². The van der Waals surface area contributed by atoms with E-state index in [1.54, 1.807) is 11.8 Å². The van der Waals surface area contributed by atoms with Gasteiger partial charge in [0.1, 0.15) is 0 Å². The van der Waals surface area contributed by atoms with Crippen molar-refractivity contribution in [1.82, 2.24) is 10.2 Å². The van der Waals surface area contributed by atoms with E-state index in [1.165, 1.54) is 10.8 Å². The van der Waals surface area contributed by atoms with Crippen molar-refractivity contribution in [2.24, 2.45) is 0 Å². The van der Waals surface area contributed by atoms with Gasteiger partial charge in [-0.1, -0.05) is 30.3 Å². The molecular weight excluding hydrogens is 292 g/mol.